The van der Waals surface area contributed by atoms with E-state index in [4.69, 9.17) is 23.1 Å². The van der Waals surface area contributed by atoms with Crippen LogP contribution in [0.1, 0.15) is 10.5 Å². The molecule has 2 heterocycles. The number of hydrogen-bond donors (Lipinski definition) is 3. The van der Waals surface area contributed by atoms with Gasteiger partial charge in [-0.1, -0.05) is 22.9 Å². The molecule has 3 rings (SSSR count). The van der Waals surface area contributed by atoms with E-state index in [2.05, 4.69) is 20.3 Å². The molecular formula is C12H9ClN6OS2. The van der Waals surface area contributed by atoms with Crippen molar-refractivity contribution in [3.05, 3.63) is 34.3 Å². The van der Waals surface area contributed by atoms with Gasteiger partial charge in [0.25, 0.3) is 5.91 Å². The Labute approximate surface area is 137 Å². The fraction of sp³-hybridized carbons (Fsp3) is 0. The average molecular weight is 353 g/mol. The Balaban J connectivity index is 1.80. The largest absolute Gasteiger partial charge is 0.370 e. The Morgan fingerprint density at radius 2 is 2.14 bits per heavy atom. The zero-order valence-corrected chi connectivity index (χ0v) is 13.3. The number of nitrogens with two attached hydrogens (primary N) is 2. The molecule has 0 aliphatic carbocycles. The topological polar surface area (TPSA) is 119 Å². The van der Waals surface area contributed by atoms with Gasteiger partial charge in [0, 0.05) is 10.4 Å². The number of amides is 1. The summed E-state index contributed by atoms with van der Waals surface area (Å²) in [6.07, 6.45) is 0. The molecule has 112 valence electrons. The predicted molar refractivity (Wildman–Crippen MR) is 90.2 cm³/mol. The molecule has 0 aliphatic rings. The first-order chi connectivity index (χ1) is 10.5. The maximum Gasteiger partial charge on any atom is 0.276 e. The van der Waals surface area contributed by atoms with Gasteiger partial charge in [0.05, 0.1) is 10.2 Å². The van der Waals surface area contributed by atoms with E-state index in [1.54, 1.807) is 23.6 Å². The van der Waals surface area contributed by atoms with E-state index in [-0.39, 0.29) is 17.6 Å². The van der Waals surface area contributed by atoms with Crippen LogP contribution in [0.25, 0.3) is 10.2 Å². The zero-order valence-electron chi connectivity index (χ0n) is 10.9. The lowest BCUT2D eigenvalue weighted by Gasteiger charge is -1.96. The number of carbonyl (C=O) groups excluding carboxylic acids is 1. The maximum atomic E-state index is 12.1. The number of guanidine groups is 1. The van der Waals surface area contributed by atoms with Crippen molar-refractivity contribution in [3.63, 3.8) is 0 Å². The molecule has 1 amide bonds. The van der Waals surface area contributed by atoms with Crippen LogP contribution in [0.4, 0.5) is 10.3 Å². The van der Waals surface area contributed by atoms with Crippen molar-refractivity contribution < 1.29 is 4.79 Å². The Kier molecular flexibility index (Phi) is 3.92. The number of nitrogens with one attached hydrogen (secondary N) is 1. The van der Waals surface area contributed by atoms with Crippen molar-refractivity contribution >= 4 is 66.6 Å². The second-order valence-electron chi connectivity index (χ2n) is 4.14. The molecule has 0 fully saturated rings. The number of halogens is 1. The van der Waals surface area contributed by atoms with Crippen LogP contribution in [0.2, 0.25) is 5.02 Å². The monoisotopic (exact) mass is 352 g/mol. The molecule has 0 saturated carbocycles. The van der Waals surface area contributed by atoms with Gasteiger partial charge < -0.3 is 11.5 Å². The van der Waals surface area contributed by atoms with Gasteiger partial charge in [0.1, 0.15) is 5.69 Å². The van der Waals surface area contributed by atoms with Crippen molar-refractivity contribution in [2.24, 2.45) is 16.5 Å². The van der Waals surface area contributed by atoms with E-state index in [1.165, 1.54) is 22.7 Å². The molecule has 0 bridgehead atoms. The minimum Gasteiger partial charge on any atom is -0.370 e. The van der Waals surface area contributed by atoms with Gasteiger partial charge in [-0.15, -0.1) is 11.3 Å². The van der Waals surface area contributed by atoms with E-state index < -0.39 is 0 Å². The number of aliphatic imine (C=N–C) groups is 1. The van der Waals surface area contributed by atoms with Crippen LogP contribution in [0, 0.1) is 0 Å². The van der Waals surface area contributed by atoms with Gasteiger partial charge in [0.15, 0.2) is 11.1 Å². The standard InChI is InChI=1S/C12H9ClN6OS2/c13-5-1-2-6-8(3-5)22-12(16-6)18-9(20)7-4-21-11(17-7)19-10(14)15/h1-4H,(H,16,18,20)(H4,14,15,17,19). The van der Waals surface area contributed by atoms with Gasteiger partial charge in [-0.05, 0) is 18.2 Å². The van der Waals surface area contributed by atoms with Gasteiger partial charge in [-0.3, -0.25) is 10.1 Å². The van der Waals surface area contributed by atoms with E-state index >= 15 is 0 Å². The summed E-state index contributed by atoms with van der Waals surface area (Å²) >= 11 is 8.43. The highest BCUT2D eigenvalue weighted by molar-refractivity contribution is 7.22. The smallest absolute Gasteiger partial charge is 0.276 e. The molecule has 7 nitrogen and oxygen atoms in total. The number of anilines is 1. The summed E-state index contributed by atoms with van der Waals surface area (Å²) in [6, 6.07) is 5.34. The summed E-state index contributed by atoms with van der Waals surface area (Å²) in [5.41, 5.74) is 11.5. The summed E-state index contributed by atoms with van der Waals surface area (Å²) in [5.74, 6) is -0.484. The van der Waals surface area contributed by atoms with Crippen molar-refractivity contribution in [2.75, 3.05) is 5.32 Å². The van der Waals surface area contributed by atoms with Crippen LogP contribution in [0.3, 0.4) is 0 Å². The quantitative estimate of drug-likeness (QED) is 0.494. The second-order valence-corrected chi connectivity index (χ2v) is 6.44. The molecular weight excluding hydrogens is 344 g/mol. The molecule has 0 unspecified atom stereocenters. The first-order valence-corrected chi connectivity index (χ1v) is 8.01. The minimum atomic E-state index is -0.376. The molecule has 5 N–H and O–H groups in total. The number of fused-ring (bicyclic) bond motifs is 1. The lowest BCUT2D eigenvalue weighted by molar-refractivity contribution is 0.102. The fourth-order valence-electron chi connectivity index (χ4n) is 1.64. The summed E-state index contributed by atoms with van der Waals surface area (Å²) in [6.45, 7) is 0. The highest BCUT2D eigenvalue weighted by Crippen LogP contribution is 2.28. The highest BCUT2D eigenvalue weighted by Gasteiger charge is 2.13. The fourth-order valence-corrected chi connectivity index (χ4v) is 3.47. The Morgan fingerprint density at radius 1 is 1.32 bits per heavy atom. The minimum absolute atomic E-state index is 0.107. The molecule has 0 saturated heterocycles. The molecule has 0 spiro atoms. The molecule has 3 aromatic rings. The highest BCUT2D eigenvalue weighted by atomic mass is 35.5. The van der Waals surface area contributed by atoms with Crippen LogP contribution in [0.5, 0.6) is 0 Å². The molecule has 10 heteroatoms. The van der Waals surface area contributed by atoms with Crippen molar-refractivity contribution in [1.29, 1.82) is 0 Å². The van der Waals surface area contributed by atoms with Crippen molar-refractivity contribution in [2.45, 2.75) is 0 Å². The third kappa shape index (κ3) is 3.16. The Hall–Kier alpha value is -2.23. The normalized spacial score (nSPS) is 10.6. The Morgan fingerprint density at radius 3 is 2.91 bits per heavy atom. The van der Waals surface area contributed by atoms with Crippen LogP contribution in [-0.2, 0) is 0 Å². The van der Waals surface area contributed by atoms with Crippen LogP contribution in [0.15, 0.2) is 28.6 Å². The van der Waals surface area contributed by atoms with Gasteiger partial charge in [-0.2, -0.15) is 4.99 Å². The van der Waals surface area contributed by atoms with Gasteiger partial charge >= 0.3 is 0 Å². The first kappa shape index (κ1) is 14.7. The molecule has 2 aromatic heterocycles. The van der Waals surface area contributed by atoms with Gasteiger partial charge in [0.2, 0.25) is 5.13 Å². The van der Waals surface area contributed by atoms with Crippen LogP contribution in [-0.4, -0.2) is 21.8 Å². The molecule has 0 aliphatic heterocycles. The van der Waals surface area contributed by atoms with Crippen molar-refractivity contribution in [3.8, 4) is 0 Å². The van der Waals surface area contributed by atoms with Gasteiger partial charge in [-0.25, -0.2) is 9.97 Å². The number of benzene rings is 1. The summed E-state index contributed by atoms with van der Waals surface area (Å²) in [5, 5.41) is 5.68. The number of hydrogen-bond acceptors (Lipinski definition) is 6. The number of rotatable bonds is 3. The molecule has 0 radical (unpaired) electrons. The Bertz CT molecular complexity index is 883. The van der Waals surface area contributed by atoms with E-state index in [0.29, 0.717) is 15.3 Å². The number of aromatic nitrogens is 2. The van der Waals surface area contributed by atoms with Crippen LogP contribution < -0.4 is 16.8 Å². The number of nitrogens with zero attached hydrogens (tertiary/aromatic N) is 3. The summed E-state index contributed by atoms with van der Waals surface area (Å²) in [4.78, 5) is 24.2. The zero-order chi connectivity index (χ0) is 15.7. The van der Waals surface area contributed by atoms with Crippen LogP contribution >= 0.6 is 34.3 Å². The molecule has 1 aromatic carbocycles. The summed E-state index contributed by atoms with van der Waals surface area (Å²) < 4.78 is 0.891. The molecule has 0 atom stereocenters. The summed E-state index contributed by atoms with van der Waals surface area (Å²) in [7, 11) is 0. The molecule has 22 heavy (non-hydrogen) atoms. The SMILES string of the molecule is NC(N)=Nc1nc(C(=O)Nc2nc3ccc(Cl)cc3s2)cs1. The number of carbonyl (C=O) groups is 1. The first-order valence-electron chi connectivity index (χ1n) is 5.94. The second kappa shape index (κ2) is 5.87. The lowest BCUT2D eigenvalue weighted by Crippen LogP contribution is -2.21. The van der Waals surface area contributed by atoms with E-state index in [0.717, 1.165) is 10.2 Å². The van der Waals surface area contributed by atoms with Crippen molar-refractivity contribution in [1.82, 2.24) is 9.97 Å². The number of thiazole rings is 2. The lowest BCUT2D eigenvalue weighted by atomic mass is 10.3. The third-order valence-electron chi connectivity index (χ3n) is 2.52. The average Bonchev–Trinajstić information content (AvgIpc) is 3.03. The van der Waals surface area contributed by atoms with E-state index in [9.17, 15) is 4.79 Å². The van der Waals surface area contributed by atoms with E-state index in [1.807, 2.05) is 0 Å². The predicted octanol–water partition coefficient (Wildman–Crippen LogP) is 2.56. The maximum absolute atomic E-state index is 12.1. The third-order valence-corrected chi connectivity index (χ3v) is 4.42.